The number of aromatic amines is 1. The van der Waals surface area contributed by atoms with Crippen molar-refractivity contribution in [1.29, 1.82) is 0 Å². The number of hydrogen-bond donors (Lipinski definition) is 1. The maximum Gasteiger partial charge on any atom is 0.247 e. The van der Waals surface area contributed by atoms with E-state index in [1.807, 2.05) is 0 Å². The molecule has 76 valence electrons. The summed E-state index contributed by atoms with van der Waals surface area (Å²) >= 11 is 5.76. The summed E-state index contributed by atoms with van der Waals surface area (Å²) in [6.07, 6.45) is 1.46. The molecule has 0 saturated carbocycles. The SMILES string of the molecule is O=c1ccc(-c2cc(Cl)ccc2F)c[nH]1. The molecule has 1 aromatic carbocycles. The maximum atomic E-state index is 13.4. The standard InChI is InChI=1S/C11H7ClFNO/c12-8-2-3-10(13)9(5-8)7-1-4-11(15)14-6-7/h1-6H,(H,14,15). The smallest absolute Gasteiger partial charge is 0.247 e. The Morgan fingerprint density at radius 1 is 1.20 bits per heavy atom. The summed E-state index contributed by atoms with van der Waals surface area (Å²) in [7, 11) is 0. The third-order valence-electron chi connectivity index (χ3n) is 2.02. The van der Waals surface area contributed by atoms with Crippen molar-refractivity contribution in [2.75, 3.05) is 0 Å². The molecule has 2 rings (SSSR count). The molecule has 15 heavy (non-hydrogen) atoms. The Labute approximate surface area is 90.3 Å². The molecule has 1 N–H and O–H groups in total. The van der Waals surface area contributed by atoms with Gasteiger partial charge in [0.2, 0.25) is 5.56 Å². The number of pyridine rings is 1. The quantitative estimate of drug-likeness (QED) is 0.792. The zero-order valence-corrected chi connectivity index (χ0v) is 8.38. The Morgan fingerprint density at radius 2 is 2.00 bits per heavy atom. The molecule has 0 aliphatic carbocycles. The molecule has 0 bridgehead atoms. The first-order valence-electron chi connectivity index (χ1n) is 4.31. The Kier molecular flexibility index (Phi) is 2.56. The van der Waals surface area contributed by atoms with Gasteiger partial charge in [-0.3, -0.25) is 4.79 Å². The lowest BCUT2D eigenvalue weighted by molar-refractivity contribution is 0.631. The topological polar surface area (TPSA) is 32.9 Å². The number of halogens is 2. The molecule has 0 unspecified atom stereocenters. The molecule has 0 radical (unpaired) electrons. The van der Waals surface area contributed by atoms with Gasteiger partial charge in [-0.25, -0.2) is 4.39 Å². The van der Waals surface area contributed by atoms with Crippen molar-refractivity contribution in [3.05, 3.63) is 57.7 Å². The Balaban J connectivity index is 2.58. The third-order valence-corrected chi connectivity index (χ3v) is 2.26. The number of hydrogen-bond acceptors (Lipinski definition) is 1. The fourth-order valence-corrected chi connectivity index (χ4v) is 1.47. The lowest BCUT2D eigenvalue weighted by Crippen LogP contribution is -2.01. The van der Waals surface area contributed by atoms with E-state index in [2.05, 4.69) is 4.98 Å². The molecule has 2 nitrogen and oxygen atoms in total. The zero-order chi connectivity index (χ0) is 10.8. The van der Waals surface area contributed by atoms with Crippen LogP contribution in [-0.2, 0) is 0 Å². The van der Waals surface area contributed by atoms with Crippen LogP contribution in [0.3, 0.4) is 0 Å². The molecule has 0 amide bonds. The van der Waals surface area contributed by atoms with Crippen LogP contribution in [0.25, 0.3) is 11.1 Å². The first kappa shape index (κ1) is 9.93. The molecule has 0 fully saturated rings. The summed E-state index contributed by atoms with van der Waals surface area (Å²) in [5.41, 5.74) is 0.745. The van der Waals surface area contributed by atoms with Crippen LogP contribution in [0.5, 0.6) is 0 Å². The van der Waals surface area contributed by atoms with Crippen LogP contribution in [0, 0.1) is 5.82 Å². The Hall–Kier alpha value is -1.61. The van der Waals surface area contributed by atoms with E-state index < -0.39 is 0 Å². The Morgan fingerprint density at radius 3 is 2.67 bits per heavy atom. The summed E-state index contributed by atoms with van der Waals surface area (Å²) in [4.78, 5) is 13.3. The molecular formula is C11H7ClFNO. The highest BCUT2D eigenvalue weighted by atomic mass is 35.5. The van der Waals surface area contributed by atoms with E-state index in [1.54, 1.807) is 6.07 Å². The molecule has 4 heteroatoms. The number of aromatic nitrogens is 1. The van der Waals surface area contributed by atoms with Gasteiger partial charge in [-0.2, -0.15) is 0 Å². The van der Waals surface area contributed by atoms with Gasteiger partial charge in [0, 0.05) is 28.4 Å². The Bertz CT molecular complexity index is 530. The highest BCUT2D eigenvalue weighted by Gasteiger charge is 2.05. The van der Waals surface area contributed by atoms with E-state index >= 15 is 0 Å². The van der Waals surface area contributed by atoms with Gasteiger partial charge in [0.05, 0.1) is 0 Å². The molecule has 2 aromatic rings. The van der Waals surface area contributed by atoms with Crippen molar-refractivity contribution in [1.82, 2.24) is 4.98 Å². The summed E-state index contributed by atoms with van der Waals surface area (Å²) in [6.45, 7) is 0. The molecule has 0 atom stereocenters. The van der Waals surface area contributed by atoms with Gasteiger partial charge in [-0.1, -0.05) is 11.6 Å². The minimum atomic E-state index is -0.369. The predicted molar refractivity (Wildman–Crippen MR) is 57.5 cm³/mol. The largest absolute Gasteiger partial charge is 0.328 e. The van der Waals surface area contributed by atoms with Crippen molar-refractivity contribution >= 4 is 11.6 Å². The molecule has 1 aromatic heterocycles. The van der Waals surface area contributed by atoms with Crippen LogP contribution < -0.4 is 5.56 Å². The highest BCUT2D eigenvalue weighted by Crippen LogP contribution is 2.24. The van der Waals surface area contributed by atoms with Gasteiger partial charge in [0.15, 0.2) is 0 Å². The lowest BCUT2D eigenvalue weighted by atomic mass is 10.1. The van der Waals surface area contributed by atoms with Crippen LogP contribution in [0.15, 0.2) is 41.3 Å². The van der Waals surface area contributed by atoms with Crippen molar-refractivity contribution in [2.45, 2.75) is 0 Å². The number of H-pyrrole nitrogens is 1. The van der Waals surface area contributed by atoms with Gasteiger partial charge in [-0.05, 0) is 24.3 Å². The van der Waals surface area contributed by atoms with Crippen LogP contribution in [0.2, 0.25) is 5.02 Å². The summed E-state index contributed by atoms with van der Waals surface area (Å²) < 4.78 is 13.4. The average molecular weight is 224 g/mol. The summed E-state index contributed by atoms with van der Waals surface area (Å²) in [6, 6.07) is 7.18. The third kappa shape index (κ3) is 2.07. The van der Waals surface area contributed by atoms with Gasteiger partial charge in [0.25, 0.3) is 0 Å². The van der Waals surface area contributed by atoms with Gasteiger partial charge in [-0.15, -0.1) is 0 Å². The fourth-order valence-electron chi connectivity index (χ4n) is 1.30. The second kappa shape index (κ2) is 3.87. The molecule has 0 aliphatic rings. The normalized spacial score (nSPS) is 10.3. The van der Waals surface area contributed by atoms with Crippen LogP contribution >= 0.6 is 11.6 Å². The average Bonchev–Trinajstić information content (AvgIpc) is 2.23. The number of rotatable bonds is 1. The first-order chi connectivity index (χ1) is 7.16. The van der Waals surface area contributed by atoms with Crippen LogP contribution in [0.1, 0.15) is 0 Å². The highest BCUT2D eigenvalue weighted by molar-refractivity contribution is 6.30. The molecule has 1 heterocycles. The summed E-state index contributed by atoms with van der Waals surface area (Å²) in [5, 5.41) is 0.456. The zero-order valence-electron chi connectivity index (χ0n) is 7.63. The van der Waals surface area contributed by atoms with Gasteiger partial charge in [0.1, 0.15) is 5.82 Å². The van der Waals surface area contributed by atoms with E-state index in [9.17, 15) is 9.18 Å². The van der Waals surface area contributed by atoms with Crippen molar-refractivity contribution in [3.63, 3.8) is 0 Å². The second-order valence-electron chi connectivity index (χ2n) is 3.07. The maximum absolute atomic E-state index is 13.4. The molecule has 0 spiro atoms. The fraction of sp³-hybridized carbons (Fsp3) is 0. The van der Waals surface area contributed by atoms with E-state index in [0.717, 1.165) is 0 Å². The molecule has 0 aliphatic heterocycles. The number of benzene rings is 1. The van der Waals surface area contributed by atoms with E-state index in [0.29, 0.717) is 16.1 Å². The monoisotopic (exact) mass is 223 g/mol. The van der Waals surface area contributed by atoms with Crippen molar-refractivity contribution in [3.8, 4) is 11.1 Å². The second-order valence-corrected chi connectivity index (χ2v) is 3.50. The molecule has 0 saturated heterocycles. The first-order valence-corrected chi connectivity index (χ1v) is 4.69. The minimum Gasteiger partial charge on any atom is -0.328 e. The van der Waals surface area contributed by atoms with Crippen LogP contribution in [-0.4, -0.2) is 4.98 Å². The summed E-state index contributed by atoms with van der Waals surface area (Å²) in [5.74, 6) is -0.369. The lowest BCUT2D eigenvalue weighted by Gasteiger charge is -2.02. The van der Waals surface area contributed by atoms with E-state index in [1.165, 1.54) is 30.5 Å². The van der Waals surface area contributed by atoms with Crippen molar-refractivity contribution in [2.24, 2.45) is 0 Å². The van der Waals surface area contributed by atoms with Gasteiger partial charge >= 0.3 is 0 Å². The van der Waals surface area contributed by atoms with Gasteiger partial charge < -0.3 is 4.98 Å². The van der Waals surface area contributed by atoms with E-state index in [-0.39, 0.29) is 11.4 Å². The van der Waals surface area contributed by atoms with Crippen LogP contribution in [0.4, 0.5) is 4.39 Å². The van der Waals surface area contributed by atoms with Crippen molar-refractivity contribution < 1.29 is 4.39 Å². The van der Waals surface area contributed by atoms with E-state index in [4.69, 9.17) is 11.6 Å². The minimum absolute atomic E-state index is 0.221. The number of nitrogens with one attached hydrogen (secondary N) is 1. The molecular weight excluding hydrogens is 217 g/mol. The predicted octanol–water partition coefficient (Wildman–Crippen LogP) is 2.83.